The lowest BCUT2D eigenvalue weighted by atomic mass is 9.93. The summed E-state index contributed by atoms with van der Waals surface area (Å²) >= 11 is 0. The number of ether oxygens (including phenoxy) is 1. The van der Waals surface area contributed by atoms with E-state index >= 15 is 0 Å². The van der Waals surface area contributed by atoms with Gasteiger partial charge in [0.1, 0.15) is 6.61 Å². The Morgan fingerprint density at radius 3 is 2.75 bits per heavy atom. The molecule has 2 aromatic carbocycles. The number of hydrogen-bond donors (Lipinski definition) is 0. The summed E-state index contributed by atoms with van der Waals surface area (Å²) in [6.07, 6.45) is 3.05. The number of benzene rings is 2. The van der Waals surface area contributed by atoms with E-state index in [4.69, 9.17) is 4.74 Å². The molecule has 1 aliphatic rings. The highest BCUT2D eigenvalue weighted by molar-refractivity contribution is 5.99. The summed E-state index contributed by atoms with van der Waals surface area (Å²) in [5, 5.41) is 0. The van der Waals surface area contributed by atoms with E-state index in [-0.39, 0.29) is 12.4 Å². The van der Waals surface area contributed by atoms with E-state index < -0.39 is 0 Å². The number of aryl methyl sites for hydroxylation is 2. The first kappa shape index (κ1) is 13.1. The molecule has 0 aliphatic carbocycles. The van der Waals surface area contributed by atoms with Crippen LogP contribution in [0.4, 0.5) is 0 Å². The molecule has 0 saturated carbocycles. The van der Waals surface area contributed by atoms with Crippen molar-refractivity contribution >= 4 is 5.78 Å². The summed E-state index contributed by atoms with van der Waals surface area (Å²) in [5.74, 6) is 0.0876. The highest BCUT2D eigenvalue weighted by Gasteiger charge is 2.19. The van der Waals surface area contributed by atoms with Gasteiger partial charge in [0.25, 0.3) is 0 Å². The molecule has 1 aliphatic heterocycles. The molecule has 0 unspecified atom stereocenters. The van der Waals surface area contributed by atoms with Crippen molar-refractivity contribution in [1.29, 1.82) is 0 Å². The monoisotopic (exact) mass is 265 g/mol. The lowest BCUT2D eigenvalue weighted by molar-refractivity contribution is 0.0663. The standard InChI is InChI=1S/C18H17O2/c19-18-13-20-12-17-15(10-5-11-16(17)18)9-4-8-14-6-2-1-3-7-14/h1-3,5-7,11H,4,8-9,12-13H2. The van der Waals surface area contributed by atoms with Gasteiger partial charge in [0.05, 0.1) is 6.61 Å². The van der Waals surface area contributed by atoms with Crippen molar-refractivity contribution < 1.29 is 9.53 Å². The second kappa shape index (κ2) is 6.02. The molecule has 0 bridgehead atoms. The van der Waals surface area contributed by atoms with E-state index in [2.05, 4.69) is 30.3 Å². The quantitative estimate of drug-likeness (QED) is 0.847. The largest absolute Gasteiger partial charge is 0.369 e. The first-order valence-electron chi connectivity index (χ1n) is 7.02. The third-order valence-electron chi connectivity index (χ3n) is 3.71. The van der Waals surface area contributed by atoms with E-state index in [9.17, 15) is 4.79 Å². The molecule has 1 heterocycles. The van der Waals surface area contributed by atoms with E-state index in [1.165, 1.54) is 5.56 Å². The van der Waals surface area contributed by atoms with Crippen molar-refractivity contribution in [1.82, 2.24) is 0 Å². The summed E-state index contributed by atoms with van der Waals surface area (Å²) in [5.41, 5.74) is 4.35. The molecule has 2 nitrogen and oxygen atoms in total. The van der Waals surface area contributed by atoms with Crippen molar-refractivity contribution in [2.24, 2.45) is 0 Å². The van der Waals surface area contributed by atoms with Gasteiger partial charge in [-0.05, 0) is 42.0 Å². The molecule has 101 valence electrons. The van der Waals surface area contributed by atoms with Crippen LogP contribution in [0.15, 0.2) is 42.5 Å². The van der Waals surface area contributed by atoms with E-state index in [0.717, 1.165) is 36.0 Å². The Labute approximate surface area is 119 Å². The van der Waals surface area contributed by atoms with Crippen LogP contribution in [0, 0.1) is 6.07 Å². The number of fused-ring (bicyclic) bond motifs is 1. The van der Waals surface area contributed by atoms with Crippen molar-refractivity contribution in [2.75, 3.05) is 6.61 Å². The lowest BCUT2D eigenvalue weighted by Crippen LogP contribution is -2.19. The number of carbonyl (C=O) groups excluding carboxylic acids is 1. The van der Waals surface area contributed by atoms with Crippen LogP contribution in [-0.2, 0) is 24.2 Å². The maximum absolute atomic E-state index is 11.8. The van der Waals surface area contributed by atoms with Crippen LogP contribution in [0.5, 0.6) is 0 Å². The lowest BCUT2D eigenvalue weighted by Gasteiger charge is -2.18. The topological polar surface area (TPSA) is 26.3 Å². The van der Waals surface area contributed by atoms with E-state index in [1.807, 2.05) is 18.2 Å². The third-order valence-corrected chi connectivity index (χ3v) is 3.71. The Kier molecular flexibility index (Phi) is 3.93. The van der Waals surface area contributed by atoms with Crippen molar-refractivity contribution in [2.45, 2.75) is 25.9 Å². The minimum absolute atomic E-state index is 0.0876. The number of ketones is 1. The maximum atomic E-state index is 11.8. The van der Waals surface area contributed by atoms with Crippen LogP contribution in [-0.4, -0.2) is 12.4 Å². The van der Waals surface area contributed by atoms with Gasteiger partial charge >= 0.3 is 0 Å². The van der Waals surface area contributed by atoms with Crippen LogP contribution < -0.4 is 0 Å². The smallest absolute Gasteiger partial charge is 0.188 e. The summed E-state index contributed by atoms with van der Waals surface area (Å²) < 4.78 is 5.34. The molecule has 2 heteroatoms. The highest BCUT2D eigenvalue weighted by atomic mass is 16.5. The van der Waals surface area contributed by atoms with Gasteiger partial charge in [0.15, 0.2) is 5.78 Å². The normalized spacial score (nSPS) is 14.1. The van der Waals surface area contributed by atoms with Crippen LogP contribution in [0.2, 0.25) is 0 Å². The molecule has 20 heavy (non-hydrogen) atoms. The highest BCUT2D eigenvalue weighted by Crippen LogP contribution is 2.22. The Bertz CT molecular complexity index is 602. The average molecular weight is 265 g/mol. The van der Waals surface area contributed by atoms with Crippen molar-refractivity contribution in [3.8, 4) is 0 Å². The maximum Gasteiger partial charge on any atom is 0.188 e. The molecule has 0 amide bonds. The van der Waals surface area contributed by atoms with Crippen molar-refractivity contribution in [3.05, 3.63) is 70.8 Å². The predicted octanol–water partition coefficient (Wildman–Crippen LogP) is 3.37. The molecule has 0 atom stereocenters. The van der Waals surface area contributed by atoms with Crippen LogP contribution in [0.3, 0.4) is 0 Å². The Hall–Kier alpha value is -1.93. The predicted molar refractivity (Wildman–Crippen MR) is 77.7 cm³/mol. The molecule has 0 fully saturated rings. The summed E-state index contributed by atoms with van der Waals surface area (Å²) in [6, 6.07) is 17.5. The van der Waals surface area contributed by atoms with Gasteiger partial charge < -0.3 is 4.74 Å². The average Bonchev–Trinajstić information content (AvgIpc) is 2.49. The second-order valence-corrected chi connectivity index (χ2v) is 5.10. The first-order valence-corrected chi connectivity index (χ1v) is 7.02. The summed E-state index contributed by atoms with van der Waals surface area (Å²) in [7, 11) is 0. The van der Waals surface area contributed by atoms with Crippen LogP contribution in [0.25, 0.3) is 0 Å². The Morgan fingerprint density at radius 1 is 1.05 bits per heavy atom. The third kappa shape index (κ3) is 2.81. The summed E-state index contributed by atoms with van der Waals surface area (Å²) in [4.78, 5) is 11.8. The Balaban J connectivity index is 1.69. The summed E-state index contributed by atoms with van der Waals surface area (Å²) in [6.45, 7) is 0.750. The van der Waals surface area contributed by atoms with Gasteiger partial charge in [0.2, 0.25) is 0 Å². The number of Topliss-reactive ketones (excluding diaryl/α,β-unsaturated/α-hetero) is 1. The zero-order valence-corrected chi connectivity index (χ0v) is 11.4. The molecule has 0 aromatic heterocycles. The van der Waals surface area contributed by atoms with Gasteiger partial charge in [-0.15, -0.1) is 0 Å². The molecule has 3 rings (SSSR count). The molecule has 0 saturated heterocycles. The van der Waals surface area contributed by atoms with E-state index in [1.54, 1.807) is 0 Å². The number of hydrogen-bond acceptors (Lipinski definition) is 2. The molecular weight excluding hydrogens is 248 g/mol. The zero-order valence-electron chi connectivity index (χ0n) is 11.4. The second-order valence-electron chi connectivity index (χ2n) is 5.10. The van der Waals surface area contributed by atoms with Gasteiger partial charge in [-0.3, -0.25) is 4.79 Å². The minimum Gasteiger partial charge on any atom is -0.369 e. The molecular formula is C18H17O2. The molecule has 1 radical (unpaired) electrons. The Morgan fingerprint density at radius 2 is 1.90 bits per heavy atom. The fourth-order valence-electron chi connectivity index (χ4n) is 2.66. The van der Waals surface area contributed by atoms with Gasteiger partial charge in [-0.2, -0.15) is 0 Å². The zero-order chi connectivity index (χ0) is 13.8. The van der Waals surface area contributed by atoms with E-state index in [0.29, 0.717) is 6.61 Å². The number of rotatable bonds is 4. The van der Waals surface area contributed by atoms with Gasteiger partial charge in [0, 0.05) is 5.56 Å². The van der Waals surface area contributed by atoms with Crippen LogP contribution >= 0.6 is 0 Å². The number of carbonyl (C=O) groups is 1. The van der Waals surface area contributed by atoms with Crippen LogP contribution in [0.1, 0.15) is 33.5 Å². The molecule has 0 spiro atoms. The fraction of sp³-hybridized carbons (Fsp3) is 0.278. The minimum atomic E-state index is 0.0876. The fourth-order valence-corrected chi connectivity index (χ4v) is 2.66. The molecule has 2 aromatic rings. The van der Waals surface area contributed by atoms with Crippen molar-refractivity contribution in [3.63, 3.8) is 0 Å². The molecule has 0 N–H and O–H groups in total. The van der Waals surface area contributed by atoms with Gasteiger partial charge in [-0.25, -0.2) is 0 Å². The SMILES string of the molecule is O=C1COCc2c(CCCc3ccccc3)[c]ccc21. The first-order chi connectivity index (χ1) is 9.84. The van der Waals surface area contributed by atoms with Gasteiger partial charge in [-0.1, -0.05) is 42.5 Å².